The van der Waals surface area contributed by atoms with Crippen LogP contribution in [0.15, 0.2) is 24.3 Å². The van der Waals surface area contributed by atoms with Crippen LogP contribution in [0.5, 0.6) is 5.75 Å². The van der Waals surface area contributed by atoms with Crippen LogP contribution >= 0.6 is 23.2 Å². The summed E-state index contributed by atoms with van der Waals surface area (Å²) in [6, 6.07) is 7.27. The van der Waals surface area contributed by atoms with Crippen molar-refractivity contribution in [2.24, 2.45) is 5.92 Å². The van der Waals surface area contributed by atoms with Gasteiger partial charge in [0, 0.05) is 6.54 Å². The van der Waals surface area contributed by atoms with Crippen molar-refractivity contribution in [1.82, 2.24) is 4.72 Å². The maximum atomic E-state index is 11.9. The van der Waals surface area contributed by atoms with Gasteiger partial charge in [-0.05, 0) is 36.5 Å². The normalized spacial score (nSPS) is 20.6. The van der Waals surface area contributed by atoms with Gasteiger partial charge in [-0.2, -0.15) is 0 Å². The van der Waals surface area contributed by atoms with Crippen LogP contribution in [0, 0.1) is 5.92 Å². The summed E-state index contributed by atoms with van der Waals surface area (Å²) in [7, 11) is -1.74. The number of hydrogen-bond donors (Lipinski definition) is 1. The Hall–Kier alpha value is -0.490. The van der Waals surface area contributed by atoms with Crippen molar-refractivity contribution in [3.63, 3.8) is 0 Å². The summed E-state index contributed by atoms with van der Waals surface area (Å²) in [6.45, 7) is 0.247. The lowest BCUT2D eigenvalue weighted by atomic mass is 10.2. The molecule has 4 nitrogen and oxygen atoms in total. The largest absolute Gasteiger partial charge is 0.497 e. The third-order valence-electron chi connectivity index (χ3n) is 3.32. The summed E-state index contributed by atoms with van der Waals surface area (Å²) in [5, 5.41) is 0. The summed E-state index contributed by atoms with van der Waals surface area (Å²) >= 11 is 11.8. The van der Waals surface area contributed by atoms with Crippen LogP contribution < -0.4 is 9.46 Å². The molecule has 1 aliphatic rings. The third-order valence-corrected chi connectivity index (χ3v) is 5.60. The highest BCUT2D eigenvalue weighted by Gasteiger charge is 2.51. The van der Waals surface area contributed by atoms with Crippen molar-refractivity contribution >= 4 is 33.2 Å². The van der Waals surface area contributed by atoms with E-state index in [1.165, 1.54) is 0 Å². The van der Waals surface area contributed by atoms with Crippen molar-refractivity contribution in [1.29, 1.82) is 0 Å². The molecule has 0 aromatic heterocycles. The molecule has 1 aromatic rings. The molecule has 0 bridgehead atoms. The molecule has 1 fully saturated rings. The molecule has 0 spiro atoms. The Kier molecular flexibility index (Phi) is 4.84. The molecule has 1 aliphatic carbocycles. The minimum atomic E-state index is -3.31. The SMILES string of the molecule is COc1cccc(CNS(=O)(=O)CCC2CC2(Cl)Cl)c1. The smallest absolute Gasteiger partial charge is 0.211 e. The van der Waals surface area contributed by atoms with Crippen LogP contribution in [0.1, 0.15) is 18.4 Å². The summed E-state index contributed by atoms with van der Waals surface area (Å²) in [4.78, 5) is 0. The van der Waals surface area contributed by atoms with Crippen LogP contribution in [0.25, 0.3) is 0 Å². The minimum Gasteiger partial charge on any atom is -0.497 e. The average molecular weight is 338 g/mol. The van der Waals surface area contributed by atoms with E-state index in [4.69, 9.17) is 27.9 Å². The lowest BCUT2D eigenvalue weighted by Crippen LogP contribution is -2.26. The van der Waals surface area contributed by atoms with Gasteiger partial charge in [-0.25, -0.2) is 13.1 Å². The number of methoxy groups -OCH3 is 1. The van der Waals surface area contributed by atoms with Gasteiger partial charge in [0.25, 0.3) is 0 Å². The van der Waals surface area contributed by atoms with E-state index in [0.717, 1.165) is 5.56 Å². The van der Waals surface area contributed by atoms with Crippen LogP contribution in [-0.2, 0) is 16.6 Å². The highest BCUT2D eigenvalue weighted by atomic mass is 35.5. The van der Waals surface area contributed by atoms with Crippen molar-refractivity contribution in [2.45, 2.75) is 23.7 Å². The Morgan fingerprint density at radius 2 is 2.15 bits per heavy atom. The number of rotatable bonds is 7. The lowest BCUT2D eigenvalue weighted by Gasteiger charge is -2.08. The second-order valence-corrected chi connectivity index (χ2v) is 8.41. The number of halogens is 2. The molecular weight excluding hydrogens is 321 g/mol. The Morgan fingerprint density at radius 3 is 2.75 bits per heavy atom. The lowest BCUT2D eigenvalue weighted by molar-refractivity contribution is 0.414. The molecule has 0 aliphatic heterocycles. The number of nitrogens with one attached hydrogen (secondary N) is 1. The Morgan fingerprint density at radius 1 is 1.45 bits per heavy atom. The molecule has 1 aromatic carbocycles. The molecule has 1 unspecified atom stereocenters. The molecule has 2 rings (SSSR count). The number of hydrogen-bond acceptors (Lipinski definition) is 3. The zero-order valence-electron chi connectivity index (χ0n) is 11.1. The molecule has 0 heterocycles. The van der Waals surface area contributed by atoms with Gasteiger partial charge in [0.15, 0.2) is 0 Å². The van der Waals surface area contributed by atoms with Gasteiger partial charge in [-0.15, -0.1) is 23.2 Å². The van der Waals surface area contributed by atoms with E-state index in [-0.39, 0.29) is 18.2 Å². The quantitative estimate of drug-likeness (QED) is 0.778. The van der Waals surface area contributed by atoms with E-state index in [9.17, 15) is 8.42 Å². The molecule has 0 saturated heterocycles. The van der Waals surface area contributed by atoms with E-state index in [0.29, 0.717) is 18.6 Å². The molecule has 0 amide bonds. The third kappa shape index (κ3) is 4.52. The molecule has 20 heavy (non-hydrogen) atoms. The van der Waals surface area contributed by atoms with Crippen LogP contribution in [0.4, 0.5) is 0 Å². The molecular formula is C13H17Cl2NO3S. The van der Waals surface area contributed by atoms with Gasteiger partial charge >= 0.3 is 0 Å². The molecule has 0 radical (unpaired) electrons. The summed E-state index contributed by atoms with van der Waals surface area (Å²) in [6.07, 6.45) is 1.15. The van der Waals surface area contributed by atoms with Gasteiger partial charge in [0.05, 0.1) is 12.9 Å². The van der Waals surface area contributed by atoms with Crippen LogP contribution in [-0.4, -0.2) is 25.6 Å². The predicted molar refractivity (Wildman–Crippen MR) is 80.8 cm³/mol. The maximum Gasteiger partial charge on any atom is 0.211 e. The van der Waals surface area contributed by atoms with Gasteiger partial charge in [0.1, 0.15) is 10.1 Å². The summed E-state index contributed by atoms with van der Waals surface area (Å²) < 4.78 is 30.7. The minimum absolute atomic E-state index is 0.0445. The van der Waals surface area contributed by atoms with Crippen molar-refractivity contribution < 1.29 is 13.2 Å². The monoisotopic (exact) mass is 337 g/mol. The van der Waals surface area contributed by atoms with Crippen molar-refractivity contribution in [3.05, 3.63) is 29.8 Å². The standard InChI is InChI=1S/C13H17Cl2NO3S/c1-19-12-4-2-3-10(7-12)9-16-20(17,18)6-5-11-8-13(11,14)15/h2-4,7,11,16H,5-6,8-9H2,1H3. The number of benzene rings is 1. The summed E-state index contributed by atoms with van der Waals surface area (Å²) in [5.41, 5.74) is 0.850. The molecule has 112 valence electrons. The van der Waals surface area contributed by atoms with E-state index in [1.54, 1.807) is 13.2 Å². The van der Waals surface area contributed by atoms with E-state index < -0.39 is 14.4 Å². The van der Waals surface area contributed by atoms with E-state index in [2.05, 4.69) is 4.72 Å². The first kappa shape index (κ1) is 15.9. The topological polar surface area (TPSA) is 55.4 Å². The predicted octanol–water partition coefficient (Wildman–Crippen LogP) is 2.70. The first-order chi connectivity index (χ1) is 9.32. The van der Waals surface area contributed by atoms with Crippen molar-refractivity contribution in [3.8, 4) is 5.75 Å². The van der Waals surface area contributed by atoms with Gasteiger partial charge < -0.3 is 4.74 Å². The van der Waals surface area contributed by atoms with E-state index in [1.807, 2.05) is 18.2 Å². The maximum absolute atomic E-state index is 11.9. The number of ether oxygens (including phenoxy) is 1. The number of alkyl halides is 2. The van der Waals surface area contributed by atoms with Crippen LogP contribution in [0.2, 0.25) is 0 Å². The first-order valence-corrected chi connectivity index (χ1v) is 8.71. The zero-order chi connectivity index (χ0) is 14.8. The molecule has 7 heteroatoms. The highest BCUT2D eigenvalue weighted by molar-refractivity contribution is 7.89. The fourth-order valence-corrected chi connectivity index (χ4v) is 3.64. The second-order valence-electron chi connectivity index (χ2n) is 4.94. The Balaban J connectivity index is 1.82. The Labute approximate surface area is 129 Å². The van der Waals surface area contributed by atoms with E-state index >= 15 is 0 Å². The highest BCUT2D eigenvalue weighted by Crippen LogP contribution is 2.54. The molecule has 1 N–H and O–H groups in total. The van der Waals surface area contributed by atoms with Gasteiger partial charge in [0.2, 0.25) is 10.0 Å². The Bertz CT molecular complexity index is 575. The van der Waals surface area contributed by atoms with Crippen molar-refractivity contribution in [2.75, 3.05) is 12.9 Å². The van der Waals surface area contributed by atoms with Gasteiger partial charge in [-0.3, -0.25) is 0 Å². The molecule has 1 atom stereocenters. The van der Waals surface area contributed by atoms with Crippen LogP contribution in [0.3, 0.4) is 0 Å². The fraction of sp³-hybridized carbons (Fsp3) is 0.538. The fourth-order valence-electron chi connectivity index (χ4n) is 1.93. The summed E-state index contributed by atoms with van der Waals surface area (Å²) in [5.74, 6) is 0.830. The second kappa shape index (κ2) is 6.10. The first-order valence-electron chi connectivity index (χ1n) is 6.30. The zero-order valence-corrected chi connectivity index (χ0v) is 13.4. The van der Waals surface area contributed by atoms with Gasteiger partial charge in [-0.1, -0.05) is 12.1 Å². The number of sulfonamides is 1. The average Bonchev–Trinajstić information content (AvgIpc) is 3.02. The molecule has 1 saturated carbocycles.